The van der Waals surface area contributed by atoms with Gasteiger partial charge in [0.25, 0.3) is 0 Å². The second-order valence-electron chi connectivity index (χ2n) is 5.54. The van der Waals surface area contributed by atoms with E-state index in [0.717, 1.165) is 5.56 Å². The minimum Gasteiger partial charge on any atom is -0.444 e. The summed E-state index contributed by atoms with van der Waals surface area (Å²) < 4.78 is 5.33. The zero-order valence-corrected chi connectivity index (χ0v) is 11.4. The van der Waals surface area contributed by atoms with Crippen LogP contribution in [0.3, 0.4) is 0 Å². The molecule has 104 valence electrons. The number of nitrogen functional groups attached to an aromatic ring is 2. The molecule has 7 heteroatoms. The van der Waals surface area contributed by atoms with Crippen molar-refractivity contribution in [3.63, 3.8) is 0 Å². The Balaban J connectivity index is 2.16. The molecule has 1 aromatic heterocycles. The number of ether oxygens (including phenoxy) is 1. The van der Waals surface area contributed by atoms with Gasteiger partial charge in [0.2, 0.25) is 5.95 Å². The minimum absolute atomic E-state index is 0.127. The molecule has 0 unspecified atom stereocenters. The van der Waals surface area contributed by atoms with Gasteiger partial charge in [-0.1, -0.05) is 0 Å². The quantitative estimate of drug-likeness (QED) is 0.722. The van der Waals surface area contributed by atoms with Crippen molar-refractivity contribution in [3.05, 3.63) is 11.3 Å². The van der Waals surface area contributed by atoms with Gasteiger partial charge in [0.15, 0.2) is 0 Å². The highest BCUT2D eigenvalue weighted by Gasteiger charge is 2.27. The van der Waals surface area contributed by atoms with E-state index in [-0.39, 0.29) is 12.0 Å². The second-order valence-corrected chi connectivity index (χ2v) is 5.54. The van der Waals surface area contributed by atoms with Gasteiger partial charge in [0.05, 0.1) is 12.2 Å². The van der Waals surface area contributed by atoms with Gasteiger partial charge in [0, 0.05) is 12.1 Å². The minimum atomic E-state index is -0.513. The summed E-state index contributed by atoms with van der Waals surface area (Å²) in [6, 6.07) is 0. The van der Waals surface area contributed by atoms with Crippen molar-refractivity contribution >= 4 is 17.9 Å². The average molecular weight is 265 g/mol. The van der Waals surface area contributed by atoms with Crippen LogP contribution in [-0.4, -0.2) is 33.1 Å². The van der Waals surface area contributed by atoms with Crippen molar-refractivity contribution in [1.82, 2.24) is 14.9 Å². The molecular formula is C12H19N5O2. The molecule has 0 bridgehead atoms. The number of rotatable bonds is 0. The topological polar surface area (TPSA) is 107 Å². The Labute approximate surface area is 111 Å². The first-order chi connectivity index (χ1) is 8.76. The summed E-state index contributed by atoms with van der Waals surface area (Å²) in [4.78, 5) is 21.7. The van der Waals surface area contributed by atoms with Gasteiger partial charge in [-0.05, 0) is 27.2 Å². The van der Waals surface area contributed by atoms with Crippen LogP contribution in [0.1, 0.15) is 32.0 Å². The summed E-state index contributed by atoms with van der Waals surface area (Å²) in [5.74, 6) is 0.522. The van der Waals surface area contributed by atoms with E-state index in [4.69, 9.17) is 16.2 Å². The molecule has 1 aliphatic rings. The second kappa shape index (κ2) is 4.56. The van der Waals surface area contributed by atoms with Gasteiger partial charge < -0.3 is 21.1 Å². The van der Waals surface area contributed by atoms with E-state index in [9.17, 15) is 4.79 Å². The molecule has 0 aliphatic carbocycles. The molecule has 7 nitrogen and oxygen atoms in total. The van der Waals surface area contributed by atoms with Crippen LogP contribution in [-0.2, 0) is 17.7 Å². The van der Waals surface area contributed by atoms with E-state index < -0.39 is 5.60 Å². The van der Waals surface area contributed by atoms with Crippen LogP contribution in [0.4, 0.5) is 16.6 Å². The summed E-state index contributed by atoms with van der Waals surface area (Å²) in [6.07, 6.45) is 0.259. The van der Waals surface area contributed by atoms with E-state index in [0.29, 0.717) is 31.0 Å². The number of fused-ring (bicyclic) bond motifs is 1. The van der Waals surface area contributed by atoms with E-state index >= 15 is 0 Å². The molecule has 1 aliphatic heterocycles. The summed E-state index contributed by atoms with van der Waals surface area (Å²) in [5.41, 5.74) is 12.4. The first-order valence-electron chi connectivity index (χ1n) is 6.15. The number of carbonyl (C=O) groups is 1. The third-order valence-corrected chi connectivity index (χ3v) is 2.77. The molecule has 1 aromatic rings. The van der Waals surface area contributed by atoms with Crippen LogP contribution >= 0.6 is 0 Å². The molecule has 1 amide bonds. The van der Waals surface area contributed by atoms with Gasteiger partial charge in [-0.15, -0.1) is 0 Å². The van der Waals surface area contributed by atoms with Gasteiger partial charge in [-0.2, -0.15) is 4.98 Å². The maximum absolute atomic E-state index is 12.0. The fourth-order valence-corrected chi connectivity index (χ4v) is 1.96. The number of nitrogens with two attached hydrogens (primary N) is 2. The number of anilines is 2. The number of nitrogens with zero attached hydrogens (tertiary/aromatic N) is 3. The van der Waals surface area contributed by atoms with E-state index in [2.05, 4.69) is 9.97 Å². The fraction of sp³-hybridized carbons (Fsp3) is 0.583. The van der Waals surface area contributed by atoms with E-state index in [1.54, 1.807) is 4.90 Å². The Hall–Kier alpha value is -2.05. The number of carbonyl (C=O) groups excluding carboxylic acids is 1. The molecule has 0 radical (unpaired) electrons. The fourth-order valence-electron chi connectivity index (χ4n) is 1.96. The van der Waals surface area contributed by atoms with E-state index in [1.165, 1.54) is 0 Å². The van der Waals surface area contributed by atoms with Crippen molar-refractivity contribution in [1.29, 1.82) is 0 Å². The van der Waals surface area contributed by atoms with Crippen LogP contribution in [0.25, 0.3) is 0 Å². The third kappa shape index (κ3) is 3.04. The number of hydrogen-bond donors (Lipinski definition) is 2. The first kappa shape index (κ1) is 13.4. The van der Waals surface area contributed by atoms with Crippen molar-refractivity contribution in [2.75, 3.05) is 18.0 Å². The summed E-state index contributed by atoms with van der Waals surface area (Å²) in [7, 11) is 0. The summed E-state index contributed by atoms with van der Waals surface area (Å²) in [5, 5.41) is 0. The highest BCUT2D eigenvalue weighted by molar-refractivity contribution is 5.69. The van der Waals surface area contributed by atoms with E-state index in [1.807, 2.05) is 20.8 Å². The Kier molecular flexibility index (Phi) is 3.21. The number of hydrogen-bond acceptors (Lipinski definition) is 6. The third-order valence-electron chi connectivity index (χ3n) is 2.77. The van der Waals surface area contributed by atoms with Gasteiger partial charge >= 0.3 is 6.09 Å². The molecule has 0 fully saturated rings. The number of amides is 1. The molecule has 19 heavy (non-hydrogen) atoms. The lowest BCUT2D eigenvalue weighted by atomic mass is 10.1. The molecule has 0 saturated heterocycles. The molecule has 2 heterocycles. The standard InChI is InChI=1S/C12H19N5O2/c1-12(2,3)19-11(18)17-5-4-7-8(6-17)15-10(14)16-9(7)13/h4-6H2,1-3H3,(H4,13,14,15,16). The van der Waals surface area contributed by atoms with Gasteiger partial charge in [-0.25, -0.2) is 9.78 Å². The Morgan fingerprint density at radius 2 is 2.00 bits per heavy atom. The van der Waals surface area contributed by atoms with Crippen molar-refractivity contribution in [2.24, 2.45) is 0 Å². The zero-order valence-electron chi connectivity index (χ0n) is 11.4. The molecular weight excluding hydrogens is 246 g/mol. The average Bonchev–Trinajstić information content (AvgIpc) is 2.25. The monoisotopic (exact) mass is 265 g/mol. The first-order valence-corrected chi connectivity index (χ1v) is 6.15. The Bertz CT molecular complexity index is 510. The summed E-state index contributed by atoms with van der Waals surface area (Å²) >= 11 is 0. The van der Waals surface area contributed by atoms with Crippen LogP contribution in [0, 0.1) is 0 Å². The predicted molar refractivity (Wildman–Crippen MR) is 71.2 cm³/mol. The van der Waals surface area contributed by atoms with Crippen LogP contribution < -0.4 is 11.5 Å². The molecule has 0 aromatic carbocycles. The lowest BCUT2D eigenvalue weighted by molar-refractivity contribution is 0.0221. The molecule has 4 N–H and O–H groups in total. The highest BCUT2D eigenvalue weighted by atomic mass is 16.6. The van der Waals surface area contributed by atoms with Crippen LogP contribution in [0.15, 0.2) is 0 Å². The Morgan fingerprint density at radius 1 is 1.32 bits per heavy atom. The zero-order chi connectivity index (χ0) is 14.2. The van der Waals surface area contributed by atoms with Crippen molar-refractivity contribution in [3.8, 4) is 0 Å². The summed E-state index contributed by atoms with van der Waals surface area (Å²) in [6.45, 7) is 6.39. The van der Waals surface area contributed by atoms with Crippen LogP contribution in [0.5, 0.6) is 0 Å². The van der Waals surface area contributed by atoms with Crippen molar-refractivity contribution in [2.45, 2.75) is 39.3 Å². The molecule has 0 saturated carbocycles. The van der Waals surface area contributed by atoms with Crippen LogP contribution in [0.2, 0.25) is 0 Å². The maximum Gasteiger partial charge on any atom is 0.410 e. The largest absolute Gasteiger partial charge is 0.444 e. The number of aromatic nitrogens is 2. The lowest BCUT2D eigenvalue weighted by Gasteiger charge is -2.30. The lowest BCUT2D eigenvalue weighted by Crippen LogP contribution is -2.40. The van der Waals surface area contributed by atoms with Gasteiger partial charge in [-0.3, -0.25) is 0 Å². The van der Waals surface area contributed by atoms with Gasteiger partial charge in [0.1, 0.15) is 11.4 Å². The normalized spacial score (nSPS) is 15.0. The van der Waals surface area contributed by atoms with Crippen molar-refractivity contribution < 1.29 is 9.53 Å². The maximum atomic E-state index is 12.0. The highest BCUT2D eigenvalue weighted by Crippen LogP contribution is 2.23. The Morgan fingerprint density at radius 3 is 2.63 bits per heavy atom. The molecule has 2 rings (SSSR count). The smallest absolute Gasteiger partial charge is 0.410 e. The molecule has 0 spiro atoms. The molecule has 0 atom stereocenters. The SMILES string of the molecule is CC(C)(C)OC(=O)N1CCc2c(N)nc(N)nc2C1. The predicted octanol–water partition coefficient (Wildman–Crippen LogP) is 0.934.